The summed E-state index contributed by atoms with van der Waals surface area (Å²) >= 11 is 0. The van der Waals surface area contributed by atoms with Crippen molar-refractivity contribution in [1.29, 1.82) is 0 Å². The first-order valence-electron chi connectivity index (χ1n) is 3.95. The molecule has 0 spiro atoms. The molecule has 0 aliphatic rings. The van der Waals surface area contributed by atoms with E-state index in [9.17, 15) is 0 Å². The molecule has 1 rings (SSSR count). The van der Waals surface area contributed by atoms with E-state index in [0.717, 1.165) is 13.0 Å². The summed E-state index contributed by atoms with van der Waals surface area (Å²) in [6, 6.07) is 7.23. The zero-order valence-corrected chi connectivity index (χ0v) is 6.96. The van der Waals surface area contributed by atoms with Gasteiger partial charge in [0.25, 0.3) is 0 Å². The third-order valence-electron chi connectivity index (χ3n) is 1.64. The minimum Gasteiger partial charge on any atom is -0.508 e. The lowest BCUT2D eigenvalue weighted by atomic mass is 10.1. The van der Waals surface area contributed by atoms with Gasteiger partial charge in [0.1, 0.15) is 5.75 Å². The molecule has 0 aliphatic carbocycles. The molecule has 0 saturated carbocycles. The number of benzene rings is 1. The highest BCUT2D eigenvalue weighted by molar-refractivity contribution is 5.25. The molecule has 12 heavy (non-hydrogen) atoms. The number of rotatable bonds is 4. The molecule has 2 heteroatoms. The average Bonchev–Trinajstić information content (AvgIpc) is 2.09. The van der Waals surface area contributed by atoms with Crippen LogP contribution in [0.25, 0.3) is 0 Å². The quantitative estimate of drug-likeness (QED) is 0.662. The van der Waals surface area contributed by atoms with Crippen molar-refractivity contribution in [3.63, 3.8) is 0 Å². The molecule has 0 heterocycles. The van der Waals surface area contributed by atoms with Crippen LogP contribution in [-0.4, -0.2) is 11.7 Å². The van der Waals surface area contributed by atoms with Crippen molar-refractivity contribution in [3.05, 3.63) is 42.6 Å². The number of nitrogens with one attached hydrogen (secondary N) is 1. The SMILES string of the molecule is C=CNCCc1ccc(O)cc1. The van der Waals surface area contributed by atoms with Crippen LogP contribution in [0.4, 0.5) is 0 Å². The van der Waals surface area contributed by atoms with E-state index in [2.05, 4.69) is 11.9 Å². The van der Waals surface area contributed by atoms with Crippen molar-refractivity contribution >= 4 is 0 Å². The van der Waals surface area contributed by atoms with Crippen molar-refractivity contribution in [2.45, 2.75) is 6.42 Å². The van der Waals surface area contributed by atoms with Gasteiger partial charge in [-0.15, -0.1) is 0 Å². The molecule has 0 radical (unpaired) electrons. The van der Waals surface area contributed by atoms with Crippen LogP contribution in [0.5, 0.6) is 5.75 Å². The first kappa shape index (κ1) is 8.65. The molecule has 0 bridgehead atoms. The van der Waals surface area contributed by atoms with E-state index in [1.54, 1.807) is 18.3 Å². The maximum absolute atomic E-state index is 9.00. The fourth-order valence-corrected chi connectivity index (χ4v) is 0.981. The number of phenols is 1. The van der Waals surface area contributed by atoms with Gasteiger partial charge >= 0.3 is 0 Å². The van der Waals surface area contributed by atoms with E-state index >= 15 is 0 Å². The number of phenolic OH excluding ortho intramolecular Hbond substituents is 1. The second-order valence-electron chi connectivity index (χ2n) is 2.57. The predicted octanol–water partition coefficient (Wildman–Crippen LogP) is 1.67. The fourth-order valence-electron chi connectivity index (χ4n) is 0.981. The van der Waals surface area contributed by atoms with E-state index in [0.29, 0.717) is 5.75 Å². The summed E-state index contributed by atoms with van der Waals surface area (Å²) in [6.45, 7) is 4.44. The van der Waals surface area contributed by atoms with Gasteiger partial charge in [-0.2, -0.15) is 0 Å². The van der Waals surface area contributed by atoms with Crippen molar-refractivity contribution < 1.29 is 5.11 Å². The second kappa shape index (κ2) is 4.44. The molecule has 1 aromatic carbocycles. The normalized spacial score (nSPS) is 9.33. The summed E-state index contributed by atoms with van der Waals surface area (Å²) in [6.07, 6.45) is 2.63. The van der Waals surface area contributed by atoms with Crippen LogP contribution in [-0.2, 0) is 6.42 Å². The highest BCUT2D eigenvalue weighted by Gasteiger charge is 1.91. The number of aromatic hydroxyl groups is 1. The molecule has 2 N–H and O–H groups in total. The lowest BCUT2D eigenvalue weighted by molar-refractivity contribution is 0.475. The molecule has 0 unspecified atom stereocenters. The molecular weight excluding hydrogens is 150 g/mol. The summed E-state index contributed by atoms with van der Waals surface area (Å²) < 4.78 is 0. The minimum absolute atomic E-state index is 0.315. The summed E-state index contributed by atoms with van der Waals surface area (Å²) in [5.74, 6) is 0.315. The zero-order chi connectivity index (χ0) is 8.81. The number of hydrogen-bond acceptors (Lipinski definition) is 2. The summed E-state index contributed by atoms with van der Waals surface area (Å²) in [5.41, 5.74) is 1.21. The first-order chi connectivity index (χ1) is 5.83. The van der Waals surface area contributed by atoms with E-state index in [1.807, 2.05) is 12.1 Å². The zero-order valence-electron chi connectivity index (χ0n) is 6.96. The largest absolute Gasteiger partial charge is 0.508 e. The summed E-state index contributed by atoms with van der Waals surface area (Å²) in [7, 11) is 0. The highest BCUT2D eigenvalue weighted by Crippen LogP contribution is 2.09. The van der Waals surface area contributed by atoms with E-state index in [-0.39, 0.29) is 0 Å². The number of hydrogen-bond donors (Lipinski definition) is 2. The molecule has 2 nitrogen and oxygen atoms in total. The molecule has 0 atom stereocenters. The predicted molar refractivity (Wildman–Crippen MR) is 50.0 cm³/mol. The van der Waals surface area contributed by atoms with Crippen molar-refractivity contribution in [1.82, 2.24) is 5.32 Å². The molecule has 64 valence electrons. The maximum atomic E-state index is 9.00. The van der Waals surface area contributed by atoms with E-state index in [1.165, 1.54) is 5.56 Å². The van der Waals surface area contributed by atoms with Crippen LogP contribution >= 0.6 is 0 Å². The fraction of sp³-hybridized carbons (Fsp3) is 0.200. The third-order valence-corrected chi connectivity index (χ3v) is 1.64. The Balaban J connectivity index is 2.42. The van der Waals surface area contributed by atoms with Gasteiger partial charge in [-0.3, -0.25) is 0 Å². The van der Waals surface area contributed by atoms with Crippen LogP contribution in [0.1, 0.15) is 5.56 Å². The van der Waals surface area contributed by atoms with Crippen molar-refractivity contribution in [2.75, 3.05) is 6.54 Å². The molecule has 1 aromatic rings. The van der Waals surface area contributed by atoms with Gasteiger partial charge in [0.15, 0.2) is 0 Å². The van der Waals surface area contributed by atoms with Gasteiger partial charge in [0.2, 0.25) is 0 Å². The lowest BCUT2D eigenvalue weighted by Crippen LogP contribution is -2.08. The summed E-state index contributed by atoms with van der Waals surface area (Å²) in [4.78, 5) is 0. The summed E-state index contributed by atoms with van der Waals surface area (Å²) in [5, 5.41) is 12.0. The standard InChI is InChI=1S/C10H13NO/c1-2-11-8-7-9-3-5-10(12)6-4-9/h2-6,11-12H,1,7-8H2. The molecule has 0 fully saturated rings. The Bertz CT molecular complexity index is 241. The molecule has 0 amide bonds. The van der Waals surface area contributed by atoms with Crippen LogP contribution in [0, 0.1) is 0 Å². The monoisotopic (exact) mass is 163 g/mol. The van der Waals surface area contributed by atoms with Gasteiger partial charge < -0.3 is 10.4 Å². The smallest absolute Gasteiger partial charge is 0.115 e. The van der Waals surface area contributed by atoms with E-state index in [4.69, 9.17) is 5.11 Å². The maximum Gasteiger partial charge on any atom is 0.115 e. The van der Waals surface area contributed by atoms with Gasteiger partial charge in [0.05, 0.1) is 0 Å². The van der Waals surface area contributed by atoms with Gasteiger partial charge in [-0.1, -0.05) is 18.7 Å². The first-order valence-corrected chi connectivity index (χ1v) is 3.95. The Morgan fingerprint density at radius 1 is 1.33 bits per heavy atom. The Kier molecular flexibility index (Phi) is 3.20. The van der Waals surface area contributed by atoms with Crippen molar-refractivity contribution in [3.8, 4) is 5.75 Å². The molecule has 0 aliphatic heterocycles. The van der Waals surface area contributed by atoms with Gasteiger partial charge in [-0.25, -0.2) is 0 Å². The topological polar surface area (TPSA) is 32.3 Å². The second-order valence-corrected chi connectivity index (χ2v) is 2.57. The van der Waals surface area contributed by atoms with Gasteiger partial charge in [-0.05, 0) is 30.3 Å². The van der Waals surface area contributed by atoms with Crippen LogP contribution in [0.15, 0.2) is 37.0 Å². The lowest BCUT2D eigenvalue weighted by Gasteiger charge is -2.00. The average molecular weight is 163 g/mol. The van der Waals surface area contributed by atoms with Crippen molar-refractivity contribution in [2.24, 2.45) is 0 Å². The van der Waals surface area contributed by atoms with Crippen LogP contribution in [0.3, 0.4) is 0 Å². The molecule has 0 saturated heterocycles. The third kappa shape index (κ3) is 2.66. The Hall–Kier alpha value is -1.44. The molecule has 0 aromatic heterocycles. The van der Waals surface area contributed by atoms with Crippen LogP contribution in [0.2, 0.25) is 0 Å². The Morgan fingerprint density at radius 2 is 2.00 bits per heavy atom. The Labute approximate surface area is 72.5 Å². The minimum atomic E-state index is 0.315. The van der Waals surface area contributed by atoms with E-state index < -0.39 is 0 Å². The van der Waals surface area contributed by atoms with Gasteiger partial charge in [0, 0.05) is 6.54 Å². The highest BCUT2D eigenvalue weighted by atomic mass is 16.3. The van der Waals surface area contributed by atoms with Crippen LogP contribution < -0.4 is 5.32 Å². The Morgan fingerprint density at radius 3 is 2.58 bits per heavy atom. The molecular formula is C10H13NO.